The van der Waals surface area contributed by atoms with Gasteiger partial charge in [0.25, 0.3) is 5.95 Å². The summed E-state index contributed by atoms with van der Waals surface area (Å²) in [7, 11) is 0. The second-order valence-corrected chi connectivity index (χ2v) is 9.69. The minimum Gasteiger partial charge on any atom is -0.449 e. The summed E-state index contributed by atoms with van der Waals surface area (Å²) in [6.07, 6.45) is -10.1. The molecule has 2 aromatic heterocycles. The van der Waals surface area contributed by atoms with Crippen molar-refractivity contribution in [1.82, 2.24) is 25.2 Å². The first-order chi connectivity index (χ1) is 19.8. The number of aliphatic hydroxyl groups excluding tert-OH is 1. The number of benzene rings is 1. The number of rotatable bonds is 8. The molecule has 3 aromatic rings. The van der Waals surface area contributed by atoms with E-state index in [1.165, 1.54) is 9.80 Å². The Morgan fingerprint density at radius 2 is 1.76 bits per heavy atom. The number of aliphatic hydroxyl groups is 1. The molecule has 1 aliphatic heterocycles. The number of fused-ring (bicyclic) bond motifs is 1. The summed E-state index contributed by atoms with van der Waals surface area (Å²) < 4.78 is 87.2. The number of aromatic nitrogens is 5. The van der Waals surface area contributed by atoms with Crippen LogP contribution in [0.3, 0.4) is 0 Å². The molecule has 0 unspecified atom stereocenters. The summed E-state index contributed by atoms with van der Waals surface area (Å²) in [5.41, 5.74) is -1.92. The summed E-state index contributed by atoms with van der Waals surface area (Å²) in [6, 6.07) is 3.46. The fourth-order valence-corrected chi connectivity index (χ4v) is 4.92. The summed E-state index contributed by atoms with van der Waals surface area (Å²) in [5.74, 6) is -0.104. The third-order valence-corrected chi connectivity index (χ3v) is 6.79. The van der Waals surface area contributed by atoms with Gasteiger partial charge in [0, 0.05) is 18.3 Å². The van der Waals surface area contributed by atoms with Crippen LogP contribution >= 0.6 is 0 Å². The molecule has 228 valence electrons. The number of anilines is 2. The Morgan fingerprint density at radius 1 is 1.10 bits per heavy atom. The Bertz CT molecular complexity index is 1380. The van der Waals surface area contributed by atoms with E-state index >= 15 is 0 Å². The van der Waals surface area contributed by atoms with Crippen molar-refractivity contribution < 1.29 is 41.0 Å². The molecule has 10 nitrogen and oxygen atoms in total. The molecule has 0 saturated heterocycles. The third-order valence-electron chi connectivity index (χ3n) is 6.79. The van der Waals surface area contributed by atoms with E-state index in [0.717, 1.165) is 4.80 Å². The van der Waals surface area contributed by atoms with Gasteiger partial charge in [0.05, 0.1) is 48.3 Å². The van der Waals surface area contributed by atoms with Crippen LogP contribution in [0.5, 0.6) is 0 Å². The lowest BCUT2D eigenvalue weighted by atomic mass is 9.91. The Morgan fingerprint density at radius 3 is 2.33 bits per heavy atom. The van der Waals surface area contributed by atoms with Crippen LogP contribution in [-0.4, -0.2) is 55.6 Å². The van der Waals surface area contributed by atoms with Crippen LogP contribution in [0.4, 0.5) is 42.8 Å². The normalized spacial score (nSPS) is 17.2. The van der Waals surface area contributed by atoms with Crippen LogP contribution in [-0.2, 0) is 30.2 Å². The topological polar surface area (TPSA) is 110 Å². The molecule has 0 aliphatic carbocycles. The number of ether oxygens (including phenoxy) is 1. The predicted octanol–water partition coefficient (Wildman–Crippen LogP) is 5.30. The van der Waals surface area contributed by atoms with E-state index in [9.17, 15) is 36.2 Å². The van der Waals surface area contributed by atoms with Gasteiger partial charge in [-0.2, -0.15) is 31.1 Å². The molecule has 1 N–H and O–H groups in total. The van der Waals surface area contributed by atoms with Gasteiger partial charge in [-0.15, -0.1) is 5.10 Å². The smallest absolute Gasteiger partial charge is 0.416 e. The largest absolute Gasteiger partial charge is 0.449 e. The molecular formula is C26H29F6N7O3. The van der Waals surface area contributed by atoms with Gasteiger partial charge in [-0.1, -0.05) is 12.0 Å². The molecule has 1 aliphatic rings. The highest BCUT2D eigenvalue weighted by Gasteiger charge is 2.42. The van der Waals surface area contributed by atoms with Crippen LogP contribution in [0.15, 0.2) is 30.3 Å². The number of aryl methyl sites for hydroxylation is 1. The van der Waals surface area contributed by atoms with E-state index in [-0.39, 0.29) is 43.8 Å². The maximum atomic E-state index is 13.7. The maximum absolute atomic E-state index is 13.7. The second kappa shape index (κ2) is 12.1. The lowest BCUT2D eigenvalue weighted by molar-refractivity contribution is -0.143. The van der Waals surface area contributed by atoms with Crippen molar-refractivity contribution in [3.8, 4) is 0 Å². The molecule has 0 fully saturated rings. The van der Waals surface area contributed by atoms with Crippen molar-refractivity contribution >= 4 is 17.7 Å². The van der Waals surface area contributed by atoms with E-state index in [1.54, 1.807) is 26.0 Å². The molecule has 0 bridgehead atoms. The van der Waals surface area contributed by atoms with Crippen LogP contribution in [0.25, 0.3) is 0 Å². The molecule has 0 radical (unpaired) electrons. The Kier molecular flexibility index (Phi) is 8.94. The van der Waals surface area contributed by atoms with E-state index < -0.39 is 48.2 Å². The first kappa shape index (κ1) is 31.0. The number of carbonyl (C=O) groups is 1. The van der Waals surface area contributed by atoms with Gasteiger partial charge in [0.2, 0.25) is 0 Å². The highest BCUT2D eigenvalue weighted by molar-refractivity contribution is 5.90. The van der Waals surface area contributed by atoms with Crippen molar-refractivity contribution in [2.75, 3.05) is 23.0 Å². The molecule has 2 atom stereocenters. The number of tetrazole rings is 1. The zero-order valence-electron chi connectivity index (χ0n) is 22.9. The molecule has 1 aromatic carbocycles. The fourth-order valence-electron chi connectivity index (χ4n) is 4.92. The second-order valence-electron chi connectivity index (χ2n) is 9.69. The molecular weight excluding hydrogens is 572 g/mol. The maximum Gasteiger partial charge on any atom is 0.416 e. The van der Waals surface area contributed by atoms with Gasteiger partial charge in [-0.05, 0) is 67.8 Å². The van der Waals surface area contributed by atoms with Crippen LogP contribution in [0, 0.1) is 6.92 Å². The average Bonchev–Trinajstić information content (AvgIpc) is 3.38. The van der Waals surface area contributed by atoms with Gasteiger partial charge >= 0.3 is 18.4 Å². The minimum atomic E-state index is -5.03. The number of amides is 1. The molecule has 1 amide bonds. The molecule has 0 spiro atoms. The molecule has 42 heavy (non-hydrogen) atoms. The number of pyridine rings is 1. The van der Waals surface area contributed by atoms with Crippen molar-refractivity contribution in [3.63, 3.8) is 0 Å². The number of nitrogens with zero attached hydrogens (tertiary/aromatic N) is 7. The first-order valence-electron chi connectivity index (χ1n) is 13.1. The SMILES string of the molecule is CCOC(=O)N1c2ccc(C)nc2[C@H](N(Cc2cc(C(F)(F)F)cc(C(F)(F)F)c2)c2nnn(CCO)n2)C[C@H]1CC. The van der Waals surface area contributed by atoms with E-state index in [4.69, 9.17) is 4.74 Å². The first-order valence-corrected chi connectivity index (χ1v) is 13.1. The average molecular weight is 602 g/mol. The number of alkyl halides is 6. The number of carbonyl (C=O) groups excluding carboxylic acids is 1. The van der Waals surface area contributed by atoms with E-state index in [2.05, 4.69) is 20.4 Å². The molecule has 0 saturated carbocycles. The van der Waals surface area contributed by atoms with Crippen LogP contribution in [0.1, 0.15) is 60.8 Å². The lowest BCUT2D eigenvalue weighted by Gasteiger charge is -2.43. The summed E-state index contributed by atoms with van der Waals surface area (Å²) in [4.78, 5) is 21.6. The fraction of sp³-hybridized carbons (Fsp3) is 0.500. The molecule has 4 rings (SSSR count). The van der Waals surface area contributed by atoms with Crippen molar-refractivity contribution in [2.24, 2.45) is 0 Å². The zero-order chi connectivity index (χ0) is 30.8. The third kappa shape index (κ3) is 6.58. The highest BCUT2D eigenvalue weighted by Crippen LogP contribution is 2.43. The van der Waals surface area contributed by atoms with Gasteiger partial charge in [-0.3, -0.25) is 9.88 Å². The van der Waals surface area contributed by atoms with E-state index in [1.807, 2.05) is 6.92 Å². The monoisotopic (exact) mass is 601 g/mol. The van der Waals surface area contributed by atoms with Crippen molar-refractivity contribution in [2.45, 2.75) is 71.1 Å². The summed E-state index contributed by atoms with van der Waals surface area (Å²) >= 11 is 0. The molecule has 3 heterocycles. The van der Waals surface area contributed by atoms with Gasteiger partial charge < -0.3 is 14.7 Å². The quantitative estimate of drug-likeness (QED) is 0.347. The van der Waals surface area contributed by atoms with Gasteiger partial charge in [-0.25, -0.2) is 4.79 Å². The highest BCUT2D eigenvalue weighted by atomic mass is 19.4. The zero-order valence-corrected chi connectivity index (χ0v) is 22.9. The van der Waals surface area contributed by atoms with Crippen LogP contribution < -0.4 is 9.80 Å². The number of hydrogen-bond acceptors (Lipinski definition) is 8. The van der Waals surface area contributed by atoms with E-state index in [0.29, 0.717) is 35.6 Å². The minimum absolute atomic E-state index is 0.0462. The Hall–Kier alpha value is -3.95. The van der Waals surface area contributed by atoms with Gasteiger partial charge in [0.15, 0.2) is 0 Å². The van der Waals surface area contributed by atoms with Gasteiger partial charge in [0.1, 0.15) is 0 Å². The lowest BCUT2D eigenvalue weighted by Crippen LogP contribution is -2.48. The predicted molar refractivity (Wildman–Crippen MR) is 137 cm³/mol. The number of hydrogen-bond donors (Lipinski definition) is 1. The standard InChI is InChI=1S/C26H29F6N7O3/c1-4-19-13-21(22-20(7-6-15(3)33-22)39(19)24(41)42-5-2)37(23-34-36-38(35-23)8-9-40)14-16-10-17(25(27,28)29)12-18(11-16)26(30,31)32/h6-7,10-12,19,21,40H,4-5,8-9,13-14H2,1-3H3/t19-,21-/m1/s1. The van der Waals surface area contributed by atoms with Crippen molar-refractivity contribution in [1.29, 1.82) is 0 Å². The van der Waals surface area contributed by atoms with Crippen molar-refractivity contribution in [3.05, 3.63) is 58.4 Å². The Labute approximate surface area is 236 Å². The summed E-state index contributed by atoms with van der Waals surface area (Å²) in [6.45, 7) is 4.46. The number of halogens is 6. The Balaban J connectivity index is 1.89. The molecule has 16 heteroatoms. The van der Waals surface area contributed by atoms with Crippen LogP contribution in [0.2, 0.25) is 0 Å². The summed E-state index contributed by atoms with van der Waals surface area (Å²) in [5, 5.41) is 21.4.